The molecule has 1 aromatic heterocycles. The van der Waals surface area contributed by atoms with Crippen LogP contribution < -0.4 is 10.1 Å². The normalized spacial score (nSPS) is 11.8. The number of pyridine rings is 1. The van der Waals surface area contributed by atoms with E-state index in [1.54, 1.807) is 6.92 Å². The van der Waals surface area contributed by atoms with Crippen molar-refractivity contribution >= 4 is 27.5 Å². The van der Waals surface area contributed by atoms with Gasteiger partial charge in [0, 0.05) is 26.3 Å². The van der Waals surface area contributed by atoms with Gasteiger partial charge in [-0.25, -0.2) is 17.7 Å². The molecular weight excluding hydrogens is 354 g/mol. The summed E-state index contributed by atoms with van der Waals surface area (Å²) in [7, 11) is -1.67. The first-order valence-electron chi connectivity index (χ1n) is 7.71. The summed E-state index contributed by atoms with van der Waals surface area (Å²) in [6.45, 7) is 6.00. The number of ether oxygens (including phenoxy) is 1. The van der Waals surface area contributed by atoms with Crippen LogP contribution in [0.1, 0.15) is 37.6 Å². The summed E-state index contributed by atoms with van der Waals surface area (Å²) >= 11 is 6.05. The van der Waals surface area contributed by atoms with E-state index in [1.165, 1.54) is 23.6 Å². The molecule has 0 aliphatic heterocycles. The minimum absolute atomic E-state index is 0.0603. The number of amides is 1. The van der Waals surface area contributed by atoms with E-state index in [0.29, 0.717) is 25.1 Å². The summed E-state index contributed by atoms with van der Waals surface area (Å²) < 4.78 is 29.9. The number of sulfonamides is 1. The molecule has 24 heavy (non-hydrogen) atoms. The number of nitrogens with one attached hydrogen (secondary N) is 1. The van der Waals surface area contributed by atoms with Crippen LogP contribution >= 0.6 is 11.6 Å². The highest BCUT2D eigenvalue weighted by atomic mass is 35.5. The van der Waals surface area contributed by atoms with Gasteiger partial charge in [0.2, 0.25) is 15.9 Å². The van der Waals surface area contributed by atoms with Crippen molar-refractivity contribution in [1.82, 2.24) is 14.6 Å². The summed E-state index contributed by atoms with van der Waals surface area (Å²) in [5.74, 6) is 0.0290. The first kappa shape index (κ1) is 20.7. The van der Waals surface area contributed by atoms with E-state index >= 15 is 0 Å². The number of hydrogen-bond donors (Lipinski definition) is 1. The molecule has 0 atom stereocenters. The number of aromatic nitrogens is 1. The Morgan fingerprint density at radius 3 is 2.67 bits per heavy atom. The topological polar surface area (TPSA) is 88.6 Å². The van der Waals surface area contributed by atoms with Gasteiger partial charge in [-0.3, -0.25) is 4.79 Å². The van der Waals surface area contributed by atoms with Gasteiger partial charge in [-0.2, -0.15) is 0 Å². The van der Waals surface area contributed by atoms with Crippen molar-refractivity contribution in [3.05, 3.63) is 22.8 Å². The molecule has 0 unspecified atom stereocenters. The lowest BCUT2D eigenvalue weighted by molar-refractivity contribution is 0.0952. The molecule has 0 aromatic carbocycles. The van der Waals surface area contributed by atoms with Gasteiger partial charge >= 0.3 is 0 Å². The molecule has 1 amide bonds. The summed E-state index contributed by atoms with van der Waals surface area (Å²) in [5.41, 5.74) is 0.325. The number of hydrogen-bond acceptors (Lipinski definition) is 5. The van der Waals surface area contributed by atoms with E-state index in [2.05, 4.69) is 10.3 Å². The molecule has 0 fully saturated rings. The van der Waals surface area contributed by atoms with Gasteiger partial charge in [0.05, 0.1) is 17.4 Å². The zero-order valence-corrected chi connectivity index (χ0v) is 15.9. The highest BCUT2D eigenvalue weighted by Gasteiger charge is 2.15. The van der Waals surface area contributed by atoms with Crippen LogP contribution in [0.15, 0.2) is 12.3 Å². The zero-order valence-electron chi connectivity index (χ0n) is 14.4. The Balaban J connectivity index is 2.50. The van der Waals surface area contributed by atoms with E-state index in [-0.39, 0.29) is 28.7 Å². The van der Waals surface area contributed by atoms with Crippen LogP contribution in [-0.2, 0) is 10.0 Å². The minimum Gasteiger partial charge on any atom is -0.474 e. The highest BCUT2D eigenvalue weighted by Crippen LogP contribution is 2.23. The first-order valence-corrected chi connectivity index (χ1v) is 9.70. The number of nitrogens with zero attached hydrogens (tertiary/aromatic N) is 2. The van der Waals surface area contributed by atoms with Crippen LogP contribution in [0.25, 0.3) is 0 Å². The van der Waals surface area contributed by atoms with Crippen molar-refractivity contribution < 1.29 is 17.9 Å². The Hall–Kier alpha value is -1.38. The van der Waals surface area contributed by atoms with E-state index < -0.39 is 10.0 Å². The molecule has 136 valence electrons. The first-order chi connectivity index (χ1) is 11.2. The lowest BCUT2D eigenvalue weighted by Gasteiger charge is -2.16. The Labute approximate surface area is 148 Å². The maximum absolute atomic E-state index is 12.0. The molecule has 7 nitrogen and oxygen atoms in total. The largest absolute Gasteiger partial charge is 0.474 e. The molecule has 0 saturated heterocycles. The summed E-state index contributed by atoms with van der Waals surface area (Å²) in [6.07, 6.45) is 1.84. The third-order valence-electron chi connectivity index (χ3n) is 3.19. The van der Waals surface area contributed by atoms with E-state index in [0.717, 1.165) is 0 Å². The van der Waals surface area contributed by atoms with Crippen molar-refractivity contribution in [2.45, 2.75) is 33.3 Å². The molecule has 9 heteroatoms. The Morgan fingerprint density at radius 2 is 2.12 bits per heavy atom. The third kappa shape index (κ3) is 6.26. The van der Waals surface area contributed by atoms with Crippen LogP contribution in [0.2, 0.25) is 5.02 Å². The van der Waals surface area contributed by atoms with Crippen molar-refractivity contribution in [1.29, 1.82) is 0 Å². The van der Waals surface area contributed by atoms with Gasteiger partial charge in [-0.05, 0) is 33.3 Å². The predicted molar refractivity (Wildman–Crippen MR) is 94.1 cm³/mol. The molecule has 0 saturated carbocycles. The highest BCUT2D eigenvalue weighted by molar-refractivity contribution is 7.89. The zero-order chi connectivity index (χ0) is 18.3. The van der Waals surface area contributed by atoms with E-state index in [9.17, 15) is 13.2 Å². The third-order valence-corrected chi connectivity index (χ3v) is 5.32. The number of rotatable bonds is 9. The Morgan fingerprint density at radius 1 is 1.46 bits per heavy atom. The molecule has 0 aliphatic rings. The smallest absolute Gasteiger partial charge is 0.252 e. The van der Waals surface area contributed by atoms with Crippen LogP contribution in [0.5, 0.6) is 5.88 Å². The van der Waals surface area contributed by atoms with Crippen LogP contribution in [0.3, 0.4) is 0 Å². The van der Waals surface area contributed by atoms with Crippen molar-refractivity contribution in [3.8, 4) is 5.88 Å². The minimum atomic E-state index is -3.19. The fourth-order valence-electron chi connectivity index (χ4n) is 1.82. The summed E-state index contributed by atoms with van der Waals surface area (Å²) in [4.78, 5) is 16.1. The van der Waals surface area contributed by atoms with Crippen molar-refractivity contribution in [2.75, 3.05) is 25.9 Å². The molecule has 0 radical (unpaired) electrons. The average molecular weight is 378 g/mol. The van der Waals surface area contributed by atoms with E-state index in [1.807, 2.05) is 13.8 Å². The average Bonchev–Trinajstić information content (AvgIpc) is 2.52. The quantitative estimate of drug-likeness (QED) is 0.664. The standard InChI is InChI=1S/C15H24ClN3O4S/c1-5-24(21,22)19(4)8-6-7-17-14(20)12-9-13(16)15(18-10-12)23-11(2)3/h9-11H,5-8H2,1-4H3,(H,17,20). The van der Waals surface area contributed by atoms with Gasteiger partial charge < -0.3 is 10.1 Å². The molecule has 1 rings (SSSR count). The van der Waals surface area contributed by atoms with Gasteiger partial charge in [0.25, 0.3) is 5.91 Å². The van der Waals surface area contributed by atoms with Crippen molar-refractivity contribution in [3.63, 3.8) is 0 Å². The maximum Gasteiger partial charge on any atom is 0.252 e. The number of halogens is 1. The molecule has 0 spiro atoms. The SMILES string of the molecule is CCS(=O)(=O)N(C)CCCNC(=O)c1cnc(OC(C)C)c(Cl)c1. The van der Waals surface area contributed by atoms with E-state index in [4.69, 9.17) is 16.3 Å². The summed E-state index contributed by atoms with van der Waals surface area (Å²) in [6, 6.07) is 1.50. The van der Waals surface area contributed by atoms with Gasteiger partial charge in [-0.1, -0.05) is 11.6 Å². The lowest BCUT2D eigenvalue weighted by atomic mass is 10.2. The number of carbonyl (C=O) groups excluding carboxylic acids is 1. The van der Waals surface area contributed by atoms with Gasteiger partial charge in [0.1, 0.15) is 5.02 Å². The second-order valence-electron chi connectivity index (χ2n) is 5.51. The Kier molecular flexibility index (Phi) is 7.92. The Bertz CT molecular complexity index is 665. The lowest BCUT2D eigenvalue weighted by Crippen LogP contribution is -2.32. The molecular formula is C15H24ClN3O4S. The van der Waals surface area contributed by atoms with Crippen LogP contribution in [0, 0.1) is 0 Å². The fourth-order valence-corrected chi connectivity index (χ4v) is 2.88. The van der Waals surface area contributed by atoms with Gasteiger partial charge in [0.15, 0.2) is 0 Å². The molecule has 1 aromatic rings. The van der Waals surface area contributed by atoms with Crippen molar-refractivity contribution in [2.24, 2.45) is 0 Å². The number of carbonyl (C=O) groups is 1. The fraction of sp³-hybridized carbons (Fsp3) is 0.600. The predicted octanol–water partition coefficient (Wildman–Crippen LogP) is 1.92. The van der Waals surface area contributed by atoms with Crippen LogP contribution in [0.4, 0.5) is 0 Å². The molecule has 0 aliphatic carbocycles. The summed E-state index contributed by atoms with van der Waals surface area (Å²) in [5, 5.41) is 2.98. The van der Waals surface area contributed by atoms with Crippen LogP contribution in [-0.4, -0.2) is 55.6 Å². The van der Waals surface area contributed by atoms with Gasteiger partial charge in [-0.15, -0.1) is 0 Å². The second kappa shape index (κ2) is 9.19. The monoisotopic (exact) mass is 377 g/mol. The maximum atomic E-state index is 12.0. The molecule has 1 N–H and O–H groups in total. The molecule has 0 bridgehead atoms. The second-order valence-corrected chi connectivity index (χ2v) is 8.28. The molecule has 1 heterocycles.